The predicted octanol–water partition coefficient (Wildman–Crippen LogP) is 2.38. The van der Waals surface area contributed by atoms with Gasteiger partial charge in [0.1, 0.15) is 0 Å². The minimum atomic E-state index is 0.361. The molecule has 0 aromatic heterocycles. The topological polar surface area (TPSA) is 9.23 Å². The molecule has 0 spiro atoms. The molecular formula is C9H16O. The van der Waals surface area contributed by atoms with Crippen molar-refractivity contribution in [3.8, 4) is 0 Å². The summed E-state index contributed by atoms with van der Waals surface area (Å²) in [5, 5.41) is 0. The summed E-state index contributed by atoms with van der Waals surface area (Å²) < 4.78 is 5.48. The number of rotatable bonds is 2. The van der Waals surface area contributed by atoms with Crippen LogP contribution in [-0.2, 0) is 4.74 Å². The molecule has 0 aliphatic carbocycles. The standard InChI is InChI=1S/C9H16O/c1-7(2)8(3)9-5-4-6-10-9/h7,9H,3-6H2,1-2H3/t9-/m1/s1. The van der Waals surface area contributed by atoms with Crippen LogP contribution in [0.3, 0.4) is 0 Å². The SMILES string of the molecule is C=C(C(C)C)[C@H]1CCCO1. The zero-order valence-electron chi connectivity index (χ0n) is 6.89. The first-order valence-corrected chi connectivity index (χ1v) is 4.02. The lowest BCUT2D eigenvalue weighted by atomic mass is 9.98. The molecule has 0 aromatic rings. The van der Waals surface area contributed by atoms with Crippen LogP contribution in [0.25, 0.3) is 0 Å². The Bertz CT molecular complexity index is 121. The van der Waals surface area contributed by atoms with Gasteiger partial charge in [0.25, 0.3) is 0 Å². The Morgan fingerprint density at radius 3 is 2.70 bits per heavy atom. The molecule has 0 bridgehead atoms. The van der Waals surface area contributed by atoms with Gasteiger partial charge in [0.05, 0.1) is 6.10 Å². The summed E-state index contributed by atoms with van der Waals surface area (Å²) in [6.07, 6.45) is 2.74. The highest BCUT2D eigenvalue weighted by Crippen LogP contribution is 2.23. The number of hydrogen-bond acceptors (Lipinski definition) is 1. The van der Waals surface area contributed by atoms with E-state index in [0.29, 0.717) is 12.0 Å². The zero-order valence-corrected chi connectivity index (χ0v) is 6.89. The monoisotopic (exact) mass is 140 g/mol. The zero-order chi connectivity index (χ0) is 7.56. The van der Waals surface area contributed by atoms with Gasteiger partial charge in [-0.1, -0.05) is 20.4 Å². The van der Waals surface area contributed by atoms with Crippen molar-refractivity contribution in [2.24, 2.45) is 5.92 Å². The molecule has 1 rings (SSSR count). The Kier molecular flexibility index (Phi) is 2.50. The van der Waals surface area contributed by atoms with Crippen molar-refractivity contribution < 1.29 is 4.74 Å². The van der Waals surface area contributed by atoms with Crippen molar-refractivity contribution in [2.75, 3.05) is 6.61 Å². The number of hydrogen-bond donors (Lipinski definition) is 0. The lowest BCUT2D eigenvalue weighted by Gasteiger charge is -2.15. The van der Waals surface area contributed by atoms with Crippen molar-refractivity contribution in [1.29, 1.82) is 0 Å². The summed E-state index contributed by atoms with van der Waals surface area (Å²) in [5.41, 5.74) is 1.26. The van der Waals surface area contributed by atoms with Gasteiger partial charge in [0.2, 0.25) is 0 Å². The van der Waals surface area contributed by atoms with Gasteiger partial charge in [-0.2, -0.15) is 0 Å². The molecule has 0 N–H and O–H groups in total. The largest absolute Gasteiger partial charge is 0.374 e. The van der Waals surface area contributed by atoms with E-state index in [9.17, 15) is 0 Å². The van der Waals surface area contributed by atoms with Gasteiger partial charge in [-0.3, -0.25) is 0 Å². The first kappa shape index (κ1) is 7.80. The fourth-order valence-corrected chi connectivity index (χ4v) is 1.24. The maximum atomic E-state index is 5.48. The van der Waals surface area contributed by atoms with Gasteiger partial charge in [-0.25, -0.2) is 0 Å². The summed E-state index contributed by atoms with van der Waals surface area (Å²) in [4.78, 5) is 0. The Morgan fingerprint density at radius 2 is 2.30 bits per heavy atom. The molecule has 1 saturated heterocycles. The first-order chi connectivity index (χ1) is 4.72. The molecule has 1 heteroatoms. The van der Waals surface area contributed by atoms with Crippen LogP contribution in [0.1, 0.15) is 26.7 Å². The summed E-state index contributed by atoms with van der Waals surface area (Å²) in [5.74, 6) is 0.572. The molecule has 0 aromatic carbocycles. The van der Waals surface area contributed by atoms with E-state index in [2.05, 4.69) is 20.4 Å². The Morgan fingerprint density at radius 1 is 1.60 bits per heavy atom. The van der Waals surface area contributed by atoms with E-state index in [1.807, 2.05) is 0 Å². The van der Waals surface area contributed by atoms with Crippen molar-refractivity contribution in [2.45, 2.75) is 32.8 Å². The van der Waals surface area contributed by atoms with Crippen LogP contribution in [0.4, 0.5) is 0 Å². The average Bonchev–Trinajstić information content (AvgIpc) is 2.36. The third-order valence-corrected chi connectivity index (χ3v) is 2.08. The normalized spacial score (nSPS) is 25.7. The molecule has 1 aliphatic heterocycles. The van der Waals surface area contributed by atoms with E-state index in [-0.39, 0.29) is 0 Å². The van der Waals surface area contributed by atoms with Gasteiger partial charge in [-0.15, -0.1) is 0 Å². The second kappa shape index (κ2) is 3.20. The van der Waals surface area contributed by atoms with Crippen LogP contribution < -0.4 is 0 Å². The van der Waals surface area contributed by atoms with E-state index in [4.69, 9.17) is 4.74 Å². The molecule has 0 saturated carbocycles. The molecular weight excluding hydrogens is 124 g/mol. The van der Waals surface area contributed by atoms with Crippen molar-refractivity contribution >= 4 is 0 Å². The summed E-state index contributed by atoms with van der Waals surface area (Å²) >= 11 is 0. The van der Waals surface area contributed by atoms with Crippen molar-refractivity contribution in [1.82, 2.24) is 0 Å². The molecule has 0 unspecified atom stereocenters. The quantitative estimate of drug-likeness (QED) is 0.535. The Hall–Kier alpha value is -0.300. The second-order valence-electron chi connectivity index (χ2n) is 3.23. The maximum Gasteiger partial charge on any atom is 0.0785 e. The fourth-order valence-electron chi connectivity index (χ4n) is 1.24. The molecule has 1 nitrogen and oxygen atoms in total. The highest BCUT2D eigenvalue weighted by molar-refractivity contribution is 5.06. The molecule has 1 atom stereocenters. The minimum Gasteiger partial charge on any atom is -0.374 e. The highest BCUT2D eigenvalue weighted by Gasteiger charge is 2.19. The van der Waals surface area contributed by atoms with Crippen LogP contribution in [0.5, 0.6) is 0 Å². The third kappa shape index (κ3) is 1.60. The number of ether oxygens (including phenoxy) is 1. The Balaban J connectivity index is 2.40. The first-order valence-electron chi connectivity index (χ1n) is 4.02. The van der Waals surface area contributed by atoms with Gasteiger partial charge < -0.3 is 4.74 Å². The van der Waals surface area contributed by atoms with E-state index in [0.717, 1.165) is 6.61 Å². The summed E-state index contributed by atoms with van der Waals surface area (Å²) in [6, 6.07) is 0. The Labute approximate surface area is 63.1 Å². The fraction of sp³-hybridized carbons (Fsp3) is 0.778. The molecule has 0 radical (unpaired) electrons. The van der Waals surface area contributed by atoms with Gasteiger partial charge in [-0.05, 0) is 24.3 Å². The molecule has 1 heterocycles. The molecule has 1 aliphatic rings. The van der Waals surface area contributed by atoms with Crippen molar-refractivity contribution in [3.05, 3.63) is 12.2 Å². The lowest BCUT2D eigenvalue weighted by molar-refractivity contribution is 0.131. The van der Waals surface area contributed by atoms with Gasteiger partial charge in [0.15, 0.2) is 0 Å². The molecule has 1 fully saturated rings. The van der Waals surface area contributed by atoms with Crippen LogP contribution in [-0.4, -0.2) is 12.7 Å². The van der Waals surface area contributed by atoms with E-state index in [1.165, 1.54) is 18.4 Å². The molecule has 58 valence electrons. The smallest absolute Gasteiger partial charge is 0.0785 e. The molecule has 0 amide bonds. The summed E-state index contributed by atoms with van der Waals surface area (Å²) in [6.45, 7) is 9.28. The van der Waals surface area contributed by atoms with Crippen LogP contribution in [0.15, 0.2) is 12.2 Å². The van der Waals surface area contributed by atoms with Crippen molar-refractivity contribution in [3.63, 3.8) is 0 Å². The van der Waals surface area contributed by atoms with Crippen LogP contribution in [0.2, 0.25) is 0 Å². The van der Waals surface area contributed by atoms with Crippen LogP contribution >= 0.6 is 0 Å². The molecule has 10 heavy (non-hydrogen) atoms. The van der Waals surface area contributed by atoms with Gasteiger partial charge >= 0.3 is 0 Å². The summed E-state index contributed by atoms with van der Waals surface area (Å²) in [7, 11) is 0. The highest BCUT2D eigenvalue weighted by atomic mass is 16.5. The van der Waals surface area contributed by atoms with E-state index < -0.39 is 0 Å². The second-order valence-corrected chi connectivity index (χ2v) is 3.23. The van der Waals surface area contributed by atoms with Crippen LogP contribution in [0, 0.1) is 5.92 Å². The average molecular weight is 140 g/mol. The minimum absolute atomic E-state index is 0.361. The predicted molar refractivity (Wildman–Crippen MR) is 43.0 cm³/mol. The van der Waals surface area contributed by atoms with Gasteiger partial charge in [0, 0.05) is 6.61 Å². The van der Waals surface area contributed by atoms with E-state index >= 15 is 0 Å². The van der Waals surface area contributed by atoms with E-state index in [1.54, 1.807) is 0 Å². The lowest BCUT2D eigenvalue weighted by Crippen LogP contribution is -2.12. The third-order valence-electron chi connectivity index (χ3n) is 2.08. The maximum absolute atomic E-state index is 5.48.